The minimum atomic E-state index is -0.459. The van der Waals surface area contributed by atoms with Crippen LogP contribution in [0.5, 0.6) is 5.75 Å². The second-order valence-electron chi connectivity index (χ2n) is 5.60. The molecule has 0 aromatic heterocycles. The number of rotatable bonds is 7. The van der Waals surface area contributed by atoms with Crippen molar-refractivity contribution in [2.75, 3.05) is 19.0 Å². The number of halogens is 2. The number of methoxy groups -OCH3 is 1. The number of esters is 1. The summed E-state index contributed by atoms with van der Waals surface area (Å²) in [6.45, 7) is 0.316. The number of anilines is 1. The fourth-order valence-corrected chi connectivity index (χ4v) is 2.90. The zero-order chi connectivity index (χ0) is 20.5. The van der Waals surface area contributed by atoms with Gasteiger partial charge in [0.25, 0.3) is 0 Å². The van der Waals surface area contributed by atoms with Crippen molar-refractivity contribution in [3.63, 3.8) is 0 Å². The van der Waals surface area contributed by atoms with E-state index in [2.05, 4.69) is 15.4 Å². The van der Waals surface area contributed by atoms with E-state index in [1.807, 2.05) is 0 Å². The van der Waals surface area contributed by atoms with Crippen molar-refractivity contribution >= 4 is 58.1 Å². The van der Waals surface area contributed by atoms with Gasteiger partial charge in [-0.1, -0.05) is 29.3 Å². The van der Waals surface area contributed by atoms with Crippen LogP contribution in [0.1, 0.15) is 23.2 Å². The lowest BCUT2D eigenvalue weighted by Gasteiger charge is -2.11. The number of carbonyl (C=O) groups excluding carboxylic acids is 2. The zero-order valence-electron chi connectivity index (χ0n) is 15.0. The minimum Gasteiger partial charge on any atom is -0.492 e. The normalized spacial score (nSPS) is 10.1. The van der Waals surface area contributed by atoms with E-state index < -0.39 is 5.97 Å². The molecule has 0 atom stereocenters. The third-order valence-corrected chi connectivity index (χ3v) is 4.23. The molecule has 0 radical (unpaired) electrons. The Morgan fingerprint density at radius 2 is 1.93 bits per heavy atom. The van der Waals surface area contributed by atoms with Gasteiger partial charge in [0.1, 0.15) is 5.75 Å². The Morgan fingerprint density at radius 1 is 1.14 bits per heavy atom. The van der Waals surface area contributed by atoms with Gasteiger partial charge in [-0.15, -0.1) is 0 Å². The lowest BCUT2D eigenvalue weighted by molar-refractivity contribution is -0.119. The van der Waals surface area contributed by atoms with Crippen LogP contribution in [0.15, 0.2) is 42.5 Å². The Hall–Kier alpha value is -2.35. The van der Waals surface area contributed by atoms with Crippen LogP contribution >= 0.6 is 35.4 Å². The van der Waals surface area contributed by atoms with Gasteiger partial charge in [-0.25, -0.2) is 4.79 Å². The summed E-state index contributed by atoms with van der Waals surface area (Å²) in [5, 5.41) is 6.50. The summed E-state index contributed by atoms with van der Waals surface area (Å²) >= 11 is 17.0. The molecule has 0 aliphatic rings. The first-order chi connectivity index (χ1) is 13.4. The highest BCUT2D eigenvalue weighted by Crippen LogP contribution is 2.27. The molecule has 0 aliphatic heterocycles. The maximum Gasteiger partial charge on any atom is 0.337 e. The van der Waals surface area contributed by atoms with Crippen molar-refractivity contribution in [1.29, 1.82) is 0 Å². The second kappa shape index (κ2) is 10.8. The predicted molar refractivity (Wildman–Crippen MR) is 113 cm³/mol. The summed E-state index contributed by atoms with van der Waals surface area (Å²) in [5.74, 6) is -0.207. The molecule has 0 fully saturated rings. The number of hydrogen-bond donors (Lipinski definition) is 2. The molecule has 1 amide bonds. The van der Waals surface area contributed by atoms with Gasteiger partial charge in [0.15, 0.2) is 5.11 Å². The smallest absolute Gasteiger partial charge is 0.337 e. The first-order valence-electron chi connectivity index (χ1n) is 8.26. The molecule has 0 heterocycles. The van der Waals surface area contributed by atoms with Crippen molar-refractivity contribution in [1.82, 2.24) is 5.32 Å². The maximum atomic E-state index is 12.0. The van der Waals surface area contributed by atoms with Gasteiger partial charge in [-0.2, -0.15) is 0 Å². The molecule has 2 rings (SSSR count). The number of thiocarbonyl (C=S) groups is 1. The summed E-state index contributed by atoms with van der Waals surface area (Å²) in [6, 6.07) is 11.5. The highest BCUT2D eigenvalue weighted by molar-refractivity contribution is 7.80. The topological polar surface area (TPSA) is 76.7 Å². The Kier molecular flexibility index (Phi) is 8.50. The van der Waals surface area contributed by atoms with Crippen molar-refractivity contribution < 1.29 is 19.1 Å². The van der Waals surface area contributed by atoms with Crippen molar-refractivity contribution in [2.45, 2.75) is 12.8 Å². The van der Waals surface area contributed by atoms with Gasteiger partial charge >= 0.3 is 5.97 Å². The molecule has 0 unspecified atom stereocenters. The average molecular weight is 441 g/mol. The predicted octanol–water partition coefficient (Wildman–Crippen LogP) is 4.45. The lowest BCUT2D eigenvalue weighted by atomic mass is 10.2. The summed E-state index contributed by atoms with van der Waals surface area (Å²) in [6.07, 6.45) is 0.695. The minimum absolute atomic E-state index is 0.133. The second-order valence-corrected chi connectivity index (χ2v) is 6.85. The molecular formula is C19H18Cl2N2O4S. The first-order valence-corrected chi connectivity index (χ1v) is 9.42. The lowest BCUT2D eigenvalue weighted by Crippen LogP contribution is -2.34. The molecule has 0 bridgehead atoms. The summed E-state index contributed by atoms with van der Waals surface area (Å²) < 4.78 is 10.2. The average Bonchev–Trinajstić information content (AvgIpc) is 2.66. The van der Waals surface area contributed by atoms with Crippen LogP contribution in [-0.2, 0) is 9.53 Å². The molecule has 28 heavy (non-hydrogen) atoms. The van der Waals surface area contributed by atoms with E-state index in [0.717, 1.165) is 0 Å². The standard InChI is InChI=1S/C19H18Cl2N2O4S/c1-26-18(25)12-4-2-5-14(10-12)22-19(28)23-17(24)6-3-9-27-16-8-7-13(20)11-15(16)21/h2,4-5,7-8,10-11H,3,6,9H2,1H3,(H2,22,23,24,28). The fourth-order valence-electron chi connectivity index (χ4n) is 2.20. The molecule has 0 saturated carbocycles. The van der Waals surface area contributed by atoms with Crippen LogP contribution in [0.3, 0.4) is 0 Å². The van der Waals surface area contributed by atoms with E-state index in [-0.39, 0.29) is 17.4 Å². The van der Waals surface area contributed by atoms with Crippen molar-refractivity contribution in [3.8, 4) is 5.75 Å². The van der Waals surface area contributed by atoms with Gasteiger partial charge < -0.3 is 20.1 Å². The van der Waals surface area contributed by atoms with Gasteiger partial charge in [0.2, 0.25) is 5.91 Å². The number of nitrogens with one attached hydrogen (secondary N) is 2. The zero-order valence-corrected chi connectivity index (χ0v) is 17.3. The van der Waals surface area contributed by atoms with E-state index in [1.54, 1.807) is 42.5 Å². The Labute approximate surface area is 178 Å². The molecule has 148 valence electrons. The van der Waals surface area contributed by atoms with Crippen molar-refractivity contribution in [2.24, 2.45) is 0 Å². The Bertz CT molecular complexity index is 877. The molecule has 2 N–H and O–H groups in total. The third-order valence-electron chi connectivity index (χ3n) is 3.49. The Morgan fingerprint density at radius 3 is 2.64 bits per heavy atom. The van der Waals surface area contributed by atoms with Crippen LogP contribution in [0.25, 0.3) is 0 Å². The van der Waals surface area contributed by atoms with Gasteiger partial charge in [-0.05, 0) is 55.0 Å². The van der Waals surface area contributed by atoms with Gasteiger partial charge in [0.05, 0.1) is 24.3 Å². The highest BCUT2D eigenvalue weighted by atomic mass is 35.5. The molecule has 2 aromatic carbocycles. The van der Waals surface area contributed by atoms with Gasteiger partial charge in [0, 0.05) is 17.1 Å². The fraction of sp³-hybridized carbons (Fsp3) is 0.211. The van der Waals surface area contributed by atoms with Crippen LogP contribution in [0.4, 0.5) is 5.69 Å². The molecule has 6 nitrogen and oxygen atoms in total. The molecule has 0 aliphatic carbocycles. The quantitative estimate of drug-likeness (QED) is 0.376. The molecule has 9 heteroatoms. The van der Waals surface area contributed by atoms with Crippen LogP contribution < -0.4 is 15.4 Å². The Balaban J connectivity index is 1.74. The van der Waals surface area contributed by atoms with E-state index in [1.165, 1.54) is 7.11 Å². The molecule has 0 saturated heterocycles. The van der Waals surface area contributed by atoms with Gasteiger partial charge in [-0.3, -0.25) is 4.79 Å². The monoisotopic (exact) mass is 440 g/mol. The van der Waals surface area contributed by atoms with Crippen LogP contribution in [-0.4, -0.2) is 30.7 Å². The SMILES string of the molecule is COC(=O)c1cccc(NC(=S)NC(=O)CCCOc2ccc(Cl)cc2Cl)c1. The number of hydrogen-bond acceptors (Lipinski definition) is 5. The third kappa shape index (κ3) is 6.99. The number of amides is 1. The molecule has 0 spiro atoms. The van der Waals surface area contributed by atoms with E-state index >= 15 is 0 Å². The summed E-state index contributed by atoms with van der Waals surface area (Å²) in [4.78, 5) is 23.5. The largest absolute Gasteiger partial charge is 0.492 e. The maximum absolute atomic E-state index is 12.0. The van der Waals surface area contributed by atoms with E-state index in [9.17, 15) is 9.59 Å². The van der Waals surface area contributed by atoms with Crippen LogP contribution in [0, 0.1) is 0 Å². The number of benzene rings is 2. The van der Waals surface area contributed by atoms with E-state index in [4.69, 9.17) is 40.2 Å². The summed E-state index contributed by atoms with van der Waals surface area (Å²) in [7, 11) is 1.30. The van der Waals surface area contributed by atoms with E-state index in [0.29, 0.717) is 40.1 Å². The van der Waals surface area contributed by atoms with Crippen LogP contribution in [0.2, 0.25) is 10.0 Å². The molecular weight excluding hydrogens is 423 g/mol. The van der Waals surface area contributed by atoms with Crippen molar-refractivity contribution in [3.05, 3.63) is 58.1 Å². The number of carbonyl (C=O) groups is 2. The number of ether oxygens (including phenoxy) is 2. The highest BCUT2D eigenvalue weighted by Gasteiger charge is 2.09. The first kappa shape index (κ1) is 21.9. The molecule has 2 aromatic rings. The summed E-state index contributed by atoms with van der Waals surface area (Å²) in [5.41, 5.74) is 0.938.